The Morgan fingerprint density at radius 2 is 1.81 bits per heavy atom. The van der Waals surface area contributed by atoms with Crippen molar-refractivity contribution in [3.63, 3.8) is 0 Å². The largest absolute Gasteiger partial charge is 0.490 e. The van der Waals surface area contributed by atoms with Gasteiger partial charge < -0.3 is 10.1 Å². The van der Waals surface area contributed by atoms with Crippen LogP contribution in [0.25, 0.3) is 11.1 Å². The predicted octanol–water partition coefficient (Wildman–Crippen LogP) is 4.56. The van der Waals surface area contributed by atoms with Gasteiger partial charge in [0.05, 0.1) is 6.10 Å². The predicted molar refractivity (Wildman–Crippen MR) is 89.8 cm³/mol. The van der Waals surface area contributed by atoms with Crippen LogP contribution in [0.4, 0.5) is 0 Å². The van der Waals surface area contributed by atoms with E-state index < -0.39 is 0 Å². The van der Waals surface area contributed by atoms with E-state index in [2.05, 4.69) is 63.3 Å². The Balaban J connectivity index is 2.34. The number of rotatable bonds is 6. The van der Waals surface area contributed by atoms with Crippen molar-refractivity contribution in [1.29, 1.82) is 0 Å². The normalized spacial score (nSPS) is 10.9. The molecule has 2 nitrogen and oxygen atoms in total. The minimum absolute atomic E-state index is 0.180. The summed E-state index contributed by atoms with van der Waals surface area (Å²) in [6.07, 6.45) is 0.180. The summed E-state index contributed by atoms with van der Waals surface area (Å²) >= 11 is 0. The third kappa shape index (κ3) is 4.08. The monoisotopic (exact) mass is 283 g/mol. The van der Waals surface area contributed by atoms with E-state index in [1.165, 1.54) is 22.3 Å². The van der Waals surface area contributed by atoms with E-state index in [0.717, 1.165) is 18.8 Å². The molecule has 0 aliphatic carbocycles. The molecular weight excluding hydrogens is 258 g/mol. The fourth-order valence-electron chi connectivity index (χ4n) is 2.45. The van der Waals surface area contributed by atoms with E-state index >= 15 is 0 Å². The van der Waals surface area contributed by atoms with Crippen molar-refractivity contribution < 1.29 is 4.74 Å². The Hall–Kier alpha value is -1.80. The molecule has 21 heavy (non-hydrogen) atoms. The summed E-state index contributed by atoms with van der Waals surface area (Å²) in [4.78, 5) is 0. The van der Waals surface area contributed by atoms with Crippen LogP contribution in [-0.4, -0.2) is 12.6 Å². The third-order valence-electron chi connectivity index (χ3n) is 3.41. The summed E-state index contributed by atoms with van der Waals surface area (Å²) in [6.45, 7) is 10.3. The molecule has 0 heterocycles. The van der Waals surface area contributed by atoms with Crippen molar-refractivity contribution in [2.45, 2.75) is 40.3 Å². The Morgan fingerprint density at radius 3 is 2.48 bits per heavy atom. The standard InChI is InChI=1S/C19H25NO/c1-5-20-13-16-10-11-17(15(4)12-16)18-8-6-7-9-19(18)21-14(2)3/h6-12,14,20H,5,13H2,1-4H3. The van der Waals surface area contributed by atoms with Crippen molar-refractivity contribution in [3.05, 3.63) is 53.6 Å². The van der Waals surface area contributed by atoms with Gasteiger partial charge in [-0.2, -0.15) is 0 Å². The van der Waals surface area contributed by atoms with Crippen LogP contribution >= 0.6 is 0 Å². The summed E-state index contributed by atoms with van der Waals surface area (Å²) in [6, 6.07) is 14.9. The zero-order valence-corrected chi connectivity index (χ0v) is 13.4. The van der Waals surface area contributed by atoms with Gasteiger partial charge in [0.1, 0.15) is 5.75 Å². The highest BCUT2D eigenvalue weighted by molar-refractivity contribution is 5.73. The quantitative estimate of drug-likeness (QED) is 0.839. The second-order valence-corrected chi connectivity index (χ2v) is 5.59. The second kappa shape index (κ2) is 7.28. The molecule has 0 fully saturated rings. The van der Waals surface area contributed by atoms with Gasteiger partial charge in [-0.15, -0.1) is 0 Å². The first-order chi connectivity index (χ1) is 10.1. The number of hydrogen-bond acceptors (Lipinski definition) is 2. The molecule has 0 atom stereocenters. The van der Waals surface area contributed by atoms with Gasteiger partial charge in [-0.1, -0.05) is 43.3 Å². The first-order valence-corrected chi connectivity index (χ1v) is 7.68. The number of ether oxygens (including phenoxy) is 1. The fourth-order valence-corrected chi connectivity index (χ4v) is 2.45. The zero-order chi connectivity index (χ0) is 15.2. The molecule has 2 aromatic carbocycles. The van der Waals surface area contributed by atoms with Crippen molar-refractivity contribution in [2.75, 3.05) is 6.54 Å². The topological polar surface area (TPSA) is 21.3 Å². The summed E-state index contributed by atoms with van der Waals surface area (Å²) in [7, 11) is 0. The molecule has 1 N–H and O–H groups in total. The number of aryl methyl sites for hydroxylation is 1. The number of para-hydroxylation sites is 1. The molecule has 2 aromatic rings. The lowest BCUT2D eigenvalue weighted by atomic mass is 9.97. The maximum absolute atomic E-state index is 5.94. The Labute approximate surface area is 128 Å². The summed E-state index contributed by atoms with van der Waals surface area (Å²) < 4.78 is 5.94. The second-order valence-electron chi connectivity index (χ2n) is 5.59. The average molecular weight is 283 g/mol. The van der Waals surface area contributed by atoms with Gasteiger partial charge in [0.15, 0.2) is 0 Å². The van der Waals surface area contributed by atoms with Gasteiger partial charge in [0, 0.05) is 12.1 Å². The molecule has 0 radical (unpaired) electrons. The van der Waals surface area contributed by atoms with Gasteiger partial charge in [-0.3, -0.25) is 0 Å². The Kier molecular flexibility index (Phi) is 5.40. The van der Waals surface area contributed by atoms with Crippen LogP contribution in [0.2, 0.25) is 0 Å². The average Bonchev–Trinajstić information content (AvgIpc) is 2.45. The van der Waals surface area contributed by atoms with Crippen molar-refractivity contribution >= 4 is 0 Å². The molecular formula is C19H25NO. The van der Waals surface area contributed by atoms with E-state index in [-0.39, 0.29) is 6.10 Å². The lowest BCUT2D eigenvalue weighted by Crippen LogP contribution is -2.11. The van der Waals surface area contributed by atoms with Gasteiger partial charge in [-0.05, 0) is 50.1 Å². The highest BCUT2D eigenvalue weighted by Gasteiger charge is 2.10. The van der Waals surface area contributed by atoms with Crippen LogP contribution in [0.5, 0.6) is 5.75 Å². The molecule has 0 aromatic heterocycles. The van der Waals surface area contributed by atoms with Crippen LogP contribution < -0.4 is 10.1 Å². The van der Waals surface area contributed by atoms with Crippen LogP contribution in [0.15, 0.2) is 42.5 Å². The smallest absolute Gasteiger partial charge is 0.127 e. The van der Waals surface area contributed by atoms with Crippen molar-refractivity contribution in [3.8, 4) is 16.9 Å². The van der Waals surface area contributed by atoms with Gasteiger partial charge >= 0.3 is 0 Å². The van der Waals surface area contributed by atoms with E-state index in [1.807, 2.05) is 12.1 Å². The summed E-state index contributed by atoms with van der Waals surface area (Å²) in [5, 5.41) is 3.36. The molecule has 0 spiro atoms. The van der Waals surface area contributed by atoms with Gasteiger partial charge in [0.2, 0.25) is 0 Å². The van der Waals surface area contributed by atoms with E-state index in [1.54, 1.807) is 0 Å². The van der Waals surface area contributed by atoms with Gasteiger partial charge in [0.25, 0.3) is 0 Å². The molecule has 112 valence electrons. The zero-order valence-electron chi connectivity index (χ0n) is 13.4. The summed E-state index contributed by atoms with van der Waals surface area (Å²) in [5.41, 5.74) is 5.01. The minimum atomic E-state index is 0.180. The molecule has 0 saturated carbocycles. The number of hydrogen-bond donors (Lipinski definition) is 1. The van der Waals surface area contributed by atoms with Gasteiger partial charge in [-0.25, -0.2) is 0 Å². The maximum Gasteiger partial charge on any atom is 0.127 e. The Morgan fingerprint density at radius 1 is 1.05 bits per heavy atom. The SMILES string of the molecule is CCNCc1ccc(-c2ccccc2OC(C)C)c(C)c1. The van der Waals surface area contributed by atoms with E-state index in [9.17, 15) is 0 Å². The molecule has 0 aliphatic rings. The van der Waals surface area contributed by atoms with Crippen molar-refractivity contribution in [2.24, 2.45) is 0 Å². The maximum atomic E-state index is 5.94. The molecule has 0 amide bonds. The molecule has 0 aliphatic heterocycles. The first kappa shape index (κ1) is 15.6. The van der Waals surface area contributed by atoms with Crippen LogP contribution in [0.1, 0.15) is 31.9 Å². The molecule has 0 bridgehead atoms. The third-order valence-corrected chi connectivity index (χ3v) is 3.41. The lowest BCUT2D eigenvalue weighted by molar-refractivity contribution is 0.243. The van der Waals surface area contributed by atoms with E-state index in [4.69, 9.17) is 4.74 Å². The van der Waals surface area contributed by atoms with Crippen molar-refractivity contribution in [1.82, 2.24) is 5.32 Å². The van der Waals surface area contributed by atoms with E-state index in [0.29, 0.717) is 0 Å². The molecule has 0 unspecified atom stereocenters. The van der Waals surface area contributed by atoms with Crippen LogP contribution in [0, 0.1) is 6.92 Å². The number of nitrogens with one attached hydrogen (secondary N) is 1. The molecule has 2 heteroatoms. The highest BCUT2D eigenvalue weighted by atomic mass is 16.5. The molecule has 0 saturated heterocycles. The first-order valence-electron chi connectivity index (χ1n) is 7.68. The Bertz CT molecular complexity index is 590. The van der Waals surface area contributed by atoms with Crippen LogP contribution in [-0.2, 0) is 6.54 Å². The fraction of sp³-hybridized carbons (Fsp3) is 0.368. The minimum Gasteiger partial charge on any atom is -0.490 e. The van der Waals surface area contributed by atoms with Crippen LogP contribution in [0.3, 0.4) is 0 Å². The highest BCUT2D eigenvalue weighted by Crippen LogP contribution is 2.33. The number of benzene rings is 2. The molecule has 2 rings (SSSR count). The summed E-state index contributed by atoms with van der Waals surface area (Å²) in [5.74, 6) is 0.954. The lowest BCUT2D eigenvalue weighted by Gasteiger charge is -2.16.